The monoisotopic (exact) mass is 235 g/mol. The predicted molar refractivity (Wildman–Crippen MR) is 62.4 cm³/mol. The zero-order valence-electron chi connectivity index (χ0n) is 10.2. The second-order valence-corrected chi connectivity index (χ2v) is 3.94. The maximum absolute atomic E-state index is 5.14. The van der Waals surface area contributed by atoms with E-state index < -0.39 is 0 Å². The number of nitrogens with one attached hydrogen (secondary N) is 1. The topological polar surface area (TPSA) is 68.8 Å². The van der Waals surface area contributed by atoms with Crippen molar-refractivity contribution in [3.8, 4) is 0 Å². The lowest BCUT2D eigenvalue weighted by Crippen LogP contribution is -2.13. The summed E-state index contributed by atoms with van der Waals surface area (Å²) in [6.07, 6.45) is 4.49. The van der Waals surface area contributed by atoms with Gasteiger partial charge in [-0.3, -0.25) is 0 Å². The second-order valence-electron chi connectivity index (χ2n) is 3.94. The van der Waals surface area contributed by atoms with Gasteiger partial charge in [0.25, 0.3) is 0 Å². The summed E-state index contributed by atoms with van der Waals surface area (Å²) in [6, 6.07) is 0. The first-order valence-electron chi connectivity index (χ1n) is 5.78. The van der Waals surface area contributed by atoms with E-state index >= 15 is 0 Å². The van der Waals surface area contributed by atoms with E-state index in [9.17, 15) is 0 Å². The van der Waals surface area contributed by atoms with Crippen LogP contribution in [0.25, 0.3) is 0 Å². The van der Waals surface area contributed by atoms with Crippen molar-refractivity contribution in [1.82, 2.24) is 25.3 Å². The van der Waals surface area contributed by atoms with Crippen molar-refractivity contribution in [2.45, 2.75) is 33.4 Å². The van der Waals surface area contributed by atoms with Crippen LogP contribution in [-0.2, 0) is 13.1 Å². The smallest absolute Gasteiger partial charge is 0.181 e. The fourth-order valence-corrected chi connectivity index (χ4v) is 1.52. The van der Waals surface area contributed by atoms with Crippen LogP contribution < -0.4 is 5.32 Å². The van der Waals surface area contributed by atoms with Gasteiger partial charge in [0, 0.05) is 6.54 Å². The number of nitrogens with zero attached hydrogens (tertiary/aromatic N) is 4. The molecule has 2 aromatic rings. The highest BCUT2D eigenvalue weighted by Crippen LogP contribution is 2.06. The Balaban J connectivity index is 1.92. The van der Waals surface area contributed by atoms with Crippen molar-refractivity contribution in [2.24, 2.45) is 0 Å². The third-order valence-electron chi connectivity index (χ3n) is 2.48. The molecular formula is C11H17N5O. The molecule has 1 N–H and O–H groups in total. The molecule has 0 radical (unpaired) electrons. The van der Waals surface area contributed by atoms with Crippen LogP contribution >= 0.6 is 0 Å². The summed E-state index contributed by atoms with van der Waals surface area (Å²) in [4.78, 5) is 4.12. The fourth-order valence-electron chi connectivity index (χ4n) is 1.52. The van der Waals surface area contributed by atoms with Gasteiger partial charge in [-0.1, -0.05) is 12.1 Å². The molecule has 0 aliphatic carbocycles. The van der Waals surface area contributed by atoms with Crippen molar-refractivity contribution in [2.75, 3.05) is 6.54 Å². The number of aryl methyl sites for hydroxylation is 1. The average Bonchev–Trinajstić information content (AvgIpc) is 2.91. The predicted octanol–water partition coefficient (Wildman–Crippen LogP) is 1.12. The lowest BCUT2D eigenvalue weighted by molar-refractivity contribution is 0.521. The van der Waals surface area contributed by atoms with Crippen molar-refractivity contribution >= 4 is 0 Å². The largest absolute Gasteiger partial charge is 0.448 e. The molecule has 2 aromatic heterocycles. The zero-order valence-corrected chi connectivity index (χ0v) is 10.2. The van der Waals surface area contributed by atoms with Gasteiger partial charge >= 0.3 is 0 Å². The van der Waals surface area contributed by atoms with Gasteiger partial charge < -0.3 is 9.73 Å². The summed E-state index contributed by atoms with van der Waals surface area (Å²) in [5, 5.41) is 11.4. The van der Waals surface area contributed by atoms with Crippen LogP contribution in [0.4, 0.5) is 0 Å². The van der Waals surface area contributed by atoms with Crippen molar-refractivity contribution < 1.29 is 4.42 Å². The molecule has 0 atom stereocenters. The Morgan fingerprint density at radius 1 is 1.47 bits per heavy atom. The van der Waals surface area contributed by atoms with E-state index in [0.29, 0.717) is 6.54 Å². The number of oxazole rings is 1. The maximum atomic E-state index is 5.14. The zero-order chi connectivity index (χ0) is 12.1. The molecule has 0 aliphatic heterocycles. The van der Waals surface area contributed by atoms with Crippen LogP contribution in [0.1, 0.15) is 30.5 Å². The van der Waals surface area contributed by atoms with E-state index in [0.717, 1.165) is 36.7 Å². The molecule has 0 aromatic carbocycles. The molecule has 17 heavy (non-hydrogen) atoms. The molecule has 0 unspecified atom stereocenters. The average molecular weight is 235 g/mol. The van der Waals surface area contributed by atoms with Crippen LogP contribution in [0.2, 0.25) is 0 Å². The van der Waals surface area contributed by atoms with Crippen molar-refractivity contribution in [3.63, 3.8) is 0 Å². The first kappa shape index (κ1) is 11.8. The molecule has 0 amide bonds. The molecule has 6 heteroatoms. The standard InChI is InChI=1S/C11H17N5O/c1-3-4-12-5-10-6-16(15-14-10)7-11-9(2)17-8-13-11/h6,8,12H,3-5,7H2,1-2H3. The molecule has 0 fully saturated rings. The summed E-state index contributed by atoms with van der Waals surface area (Å²) >= 11 is 0. The van der Waals surface area contributed by atoms with Crippen LogP contribution in [0.15, 0.2) is 17.0 Å². The number of rotatable bonds is 6. The molecule has 0 saturated carbocycles. The minimum Gasteiger partial charge on any atom is -0.448 e. The second kappa shape index (κ2) is 5.58. The quantitative estimate of drug-likeness (QED) is 0.760. The number of hydrogen-bond acceptors (Lipinski definition) is 5. The third-order valence-corrected chi connectivity index (χ3v) is 2.48. The molecule has 0 bridgehead atoms. The van der Waals surface area contributed by atoms with Gasteiger partial charge in [-0.05, 0) is 19.9 Å². The van der Waals surface area contributed by atoms with Gasteiger partial charge in [0.05, 0.1) is 18.4 Å². The molecule has 0 spiro atoms. The lowest BCUT2D eigenvalue weighted by Gasteiger charge is -1.98. The Hall–Kier alpha value is -1.69. The summed E-state index contributed by atoms with van der Waals surface area (Å²) in [5.41, 5.74) is 1.84. The van der Waals surface area contributed by atoms with E-state index in [1.54, 1.807) is 4.68 Å². The SMILES string of the molecule is CCCNCc1cn(Cc2ncoc2C)nn1. The van der Waals surface area contributed by atoms with Crippen LogP contribution in [0, 0.1) is 6.92 Å². The minimum atomic E-state index is 0.600. The Morgan fingerprint density at radius 3 is 3.06 bits per heavy atom. The van der Waals surface area contributed by atoms with Crippen LogP contribution in [-0.4, -0.2) is 26.5 Å². The number of aromatic nitrogens is 4. The fraction of sp³-hybridized carbons (Fsp3) is 0.545. The summed E-state index contributed by atoms with van der Waals surface area (Å²) in [6.45, 7) is 6.38. The summed E-state index contributed by atoms with van der Waals surface area (Å²) in [7, 11) is 0. The van der Waals surface area contributed by atoms with Crippen LogP contribution in [0.5, 0.6) is 0 Å². The Bertz CT molecular complexity index is 462. The third kappa shape index (κ3) is 3.13. The highest BCUT2D eigenvalue weighted by Gasteiger charge is 2.06. The van der Waals surface area contributed by atoms with Gasteiger partial charge in [-0.15, -0.1) is 5.10 Å². The highest BCUT2D eigenvalue weighted by molar-refractivity contribution is 5.05. The summed E-state index contributed by atoms with van der Waals surface area (Å²) < 4.78 is 6.91. The van der Waals surface area contributed by atoms with Crippen molar-refractivity contribution in [1.29, 1.82) is 0 Å². The number of hydrogen-bond donors (Lipinski definition) is 1. The van der Waals surface area contributed by atoms with Gasteiger partial charge in [-0.25, -0.2) is 9.67 Å². The maximum Gasteiger partial charge on any atom is 0.181 e. The van der Waals surface area contributed by atoms with Crippen LogP contribution in [0.3, 0.4) is 0 Å². The van der Waals surface area contributed by atoms with Gasteiger partial charge in [0.15, 0.2) is 6.39 Å². The molecule has 92 valence electrons. The molecule has 0 saturated heterocycles. The van der Waals surface area contributed by atoms with E-state index in [2.05, 4.69) is 27.5 Å². The first-order valence-corrected chi connectivity index (χ1v) is 5.78. The Morgan fingerprint density at radius 2 is 2.35 bits per heavy atom. The molecule has 6 nitrogen and oxygen atoms in total. The van der Waals surface area contributed by atoms with Gasteiger partial charge in [-0.2, -0.15) is 0 Å². The van der Waals surface area contributed by atoms with Gasteiger partial charge in [0.2, 0.25) is 0 Å². The Labute approximate surface area is 100 Å². The summed E-state index contributed by atoms with van der Waals surface area (Å²) in [5.74, 6) is 0.825. The normalized spacial score (nSPS) is 10.9. The van der Waals surface area contributed by atoms with E-state index in [1.165, 1.54) is 6.39 Å². The molecule has 0 aliphatic rings. The molecule has 2 rings (SSSR count). The van der Waals surface area contributed by atoms with E-state index in [-0.39, 0.29) is 0 Å². The lowest BCUT2D eigenvalue weighted by atomic mass is 10.3. The first-order chi connectivity index (χ1) is 8.29. The highest BCUT2D eigenvalue weighted by atomic mass is 16.3. The van der Waals surface area contributed by atoms with E-state index in [1.807, 2.05) is 13.1 Å². The van der Waals surface area contributed by atoms with Gasteiger partial charge in [0.1, 0.15) is 11.5 Å². The molecule has 2 heterocycles. The minimum absolute atomic E-state index is 0.600. The van der Waals surface area contributed by atoms with E-state index in [4.69, 9.17) is 4.42 Å². The molecular weight excluding hydrogens is 218 g/mol. The van der Waals surface area contributed by atoms with Crippen molar-refractivity contribution in [3.05, 3.63) is 29.7 Å². The Kier molecular flexibility index (Phi) is 3.87.